The molecule has 1 aliphatic rings. The normalized spacial score (nSPS) is 25.5. The minimum absolute atomic E-state index is 0.0155. The zero-order valence-electron chi connectivity index (χ0n) is 8.79. The number of rotatable bonds is 2. The summed E-state index contributed by atoms with van der Waals surface area (Å²) >= 11 is 0. The highest BCUT2D eigenvalue weighted by Gasteiger charge is 2.38. The van der Waals surface area contributed by atoms with Crippen molar-refractivity contribution in [3.63, 3.8) is 0 Å². The van der Waals surface area contributed by atoms with Crippen LogP contribution in [0.1, 0.15) is 50.5 Å². The minimum Gasteiger partial charge on any atom is -0.448 e. The molecule has 0 radical (unpaired) electrons. The van der Waals surface area contributed by atoms with Crippen LogP contribution in [0.3, 0.4) is 0 Å². The van der Waals surface area contributed by atoms with E-state index in [1.807, 2.05) is 0 Å². The number of aliphatic hydroxyl groups excluding tert-OH is 1. The van der Waals surface area contributed by atoms with Gasteiger partial charge in [0.25, 0.3) is 0 Å². The van der Waals surface area contributed by atoms with Crippen molar-refractivity contribution in [3.8, 4) is 0 Å². The second kappa shape index (κ2) is 3.39. The van der Waals surface area contributed by atoms with Gasteiger partial charge in [0.15, 0.2) is 6.39 Å². The molecule has 1 aromatic rings. The van der Waals surface area contributed by atoms with Crippen LogP contribution in [0.15, 0.2) is 10.8 Å². The van der Waals surface area contributed by atoms with E-state index in [9.17, 15) is 0 Å². The summed E-state index contributed by atoms with van der Waals surface area (Å²) in [7, 11) is 0. The summed E-state index contributed by atoms with van der Waals surface area (Å²) in [6.07, 6.45) is 5.05. The lowest BCUT2D eigenvalue weighted by Gasteiger charge is -2.25. The van der Waals surface area contributed by atoms with E-state index in [1.54, 1.807) is 0 Å². The number of aromatic nitrogens is 1. The number of hydrogen-bond acceptors (Lipinski definition) is 3. The van der Waals surface area contributed by atoms with Crippen molar-refractivity contribution in [3.05, 3.63) is 17.8 Å². The molecule has 1 heterocycles. The van der Waals surface area contributed by atoms with Crippen molar-refractivity contribution in [2.45, 2.75) is 45.6 Å². The smallest absolute Gasteiger partial charge is 0.181 e. The molecule has 2 rings (SSSR count). The monoisotopic (exact) mass is 195 g/mol. The molecular formula is C11H17NO2. The number of hydrogen-bond donors (Lipinski definition) is 1. The van der Waals surface area contributed by atoms with Crippen LogP contribution in [0.25, 0.3) is 0 Å². The van der Waals surface area contributed by atoms with Crippen LogP contribution in [0.5, 0.6) is 0 Å². The molecule has 1 saturated carbocycles. The first kappa shape index (κ1) is 9.71. The van der Waals surface area contributed by atoms with Crippen LogP contribution in [0, 0.1) is 5.41 Å². The van der Waals surface area contributed by atoms with Gasteiger partial charge in [-0.25, -0.2) is 4.98 Å². The van der Waals surface area contributed by atoms with Gasteiger partial charge in [0.2, 0.25) is 0 Å². The van der Waals surface area contributed by atoms with Gasteiger partial charge in [-0.2, -0.15) is 0 Å². The van der Waals surface area contributed by atoms with E-state index in [-0.39, 0.29) is 12.0 Å². The summed E-state index contributed by atoms with van der Waals surface area (Å²) in [6, 6.07) is 0. The predicted octanol–water partition coefficient (Wildman–Crippen LogP) is 2.46. The van der Waals surface area contributed by atoms with Gasteiger partial charge in [-0.3, -0.25) is 0 Å². The van der Waals surface area contributed by atoms with Gasteiger partial charge in [-0.1, -0.05) is 20.3 Å². The number of nitrogens with zero attached hydrogens (tertiary/aromatic N) is 1. The maximum atomic E-state index is 9.12. The molecule has 1 aliphatic carbocycles. The SMILES string of the molecule is CC1(C)CCCC1c1ocnc1CO. The molecule has 0 aliphatic heterocycles. The van der Waals surface area contributed by atoms with Gasteiger partial charge in [-0.05, 0) is 18.3 Å². The Kier molecular flexibility index (Phi) is 2.35. The van der Waals surface area contributed by atoms with Crippen LogP contribution in [-0.4, -0.2) is 10.1 Å². The maximum Gasteiger partial charge on any atom is 0.181 e. The molecule has 3 nitrogen and oxygen atoms in total. The average Bonchev–Trinajstić information content (AvgIpc) is 2.69. The first-order chi connectivity index (χ1) is 6.65. The van der Waals surface area contributed by atoms with Crippen molar-refractivity contribution in [1.29, 1.82) is 0 Å². The second-order valence-electron chi connectivity index (χ2n) is 4.75. The molecule has 0 bridgehead atoms. The van der Waals surface area contributed by atoms with E-state index in [0.29, 0.717) is 11.6 Å². The van der Waals surface area contributed by atoms with Gasteiger partial charge < -0.3 is 9.52 Å². The lowest BCUT2D eigenvalue weighted by molar-refractivity contribution is 0.258. The molecule has 1 aromatic heterocycles. The molecule has 0 aromatic carbocycles. The van der Waals surface area contributed by atoms with Crippen molar-refractivity contribution in [1.82, 2.24) is 4.98 Å². The maximum absolute atomic E-state index is 9.12. The summed E-state index contributed by atoms with van der Waals surface area (Å²) in [5.41, 5.74) is 0.994. The molecule has 1 N–H and O–H groups in total. The summed E-state index contributed by atoms with van der Waals surface area (Å²) in [6.45, 7) is 4.50. The van der Waals surface area contributed by atoms with Gasteiger partial charge in [-0.15, -0.1) is 0 Å². The van der Waals surface area contributed by atoms with E-state index >= 15 is 0 Å². The lowest BCUT2D eigenvalue weighted by atomic mass is 9.80. The summed E-state index contributed by atoms with van der Waals surface area (Å²) in [5.74, 6) is 1.32. The third-order valence-electron chi connectivity index (χ3n) is 3.40. The van der Waals surface area contributed by atoms with Gasteiger partial charge >= 0.3 is 0 Å². The highest BCUT2D eigenvalue weighted by molar-refractivity contribution is 5.16. The Morgan fingerprint density at radius 3 is 3.00 bits per heavy atom. The van der Waals surface area contributed by atoms with E-state index in [2.05, 4.69) is 18.8 Å². The molecule has 0 amide bonds. The predicted molar refractivity (Wildman–Crippen MR) is 52.8 cm³/mol. The van der Waals surface area contributed by atoms with Crippen molar-refractivity contribution in [2.24, 2.45) is 5.41 Å². The molecule has 1 unspecified atom stereocenters. The average molecular weight is 195 g/mol. The zero-order chi connectivity index (χ0) is 10.2. The summed E-state index contributed by atoms with van der Waals surface area (Å²) in [5, 5.41) is 9.12. The Morgan fingerprint density at radius 1 is 1.64 bits per heavy atom. The number of aliphatic hydroxyl groups is 1. The van der Waals surface area contributed by atoms with Gasteiger partial charge in [0.05, 0.1) is 6.61 Å². The van der Waals surface area contributed by atoms with Crippen LogP contribution < -0.4 is 0 Å². The Bertz CT molecular complexity index is 317. The highest BCUT2D eigenvalue weighted by Crippen LogP contribution is 2.49. The Balaban J connectivity index is 2.30. The molecule has 14 heavy (non-hydrogen) atoms. The first-order valence-electron chi connectivity index (χ1n) is 5.18. The van der Waals surface area contributed by atoms with Crippen molar-refractivity contribution >= 4 is 0 Å². The Hall–Kier alpha value is -0.830. The quantitative estimate of drug-likeness (QED) is 0.788. The van der Waals surface area contributed by atoms with E-state index < -0.39 is 0 Å². The zero-order valence-corrected chi connectivity index (χ0v) is 8.79. The number of oxazole rings is 1. The molecule has 1 atom stereocenters. The molecule has 0 spiro atoms. The largest absolute Gasteiger partial charge is 0.448 e. The van der Waals surface area contributed by atoms with Crippen molar-refractivity contribution in [2.75, 3.05) is 0 Å². The fraction of sp³-hybridized carbons (Fsp3) is 0.727. The Labute approximate surface area is 84.2 Å². The second-order valence-corrected chi connectivity index (χ2v) is 4.75. The summed E-state index contributed by atoms with van der Waals surface area (Å²) in [4.78, 5) is 4.03. The first-order valence-corrected chi connectivity index (χ1v) is 5.18. The van der Waals surface area contributed by atoms with Crippen LogP contribution in [-0.2, 0) is 6.61 Å². The highest BCUT2D eigenvalue weighted by atomic mass is 16.3. The minimum atomic E-state index is -0.0155. The Morgan fingerprint density at radius 2 is 2.43 bits per heavy atom. The fourth-order valence-corrected chi connectivity index (χ4v) is 2.49. The third kappa shape index (κ3) is 1.46. The molecule has 78 valence electrons. The van der Waals surface area contributed by atoms with Crippen LogP contribution >= 0.6 is 0 Å². The molecule has 1 fully saturated rings. The van der Waals surface area contributed by atoms with Gasteiger partial charge in [0, 0.05) is 5.92 Å². The molecule has 0 saturated heterocycles. The lowest BCUT2D eigenvalue weighted by Crippen LogP contribution is -2.16. The topological polar surface area (TPSA) is 46.3 Å². The summed E-state index contributed by atoms with van der Waals surface area (Å²) < 4.78 is 5.40. The fourth-order valence-electron chi connectivity index (χ4n) is 2.49. The van der Waals surface area contributed by atoms with E-state index in [4.69, 9.17) is 9.52 Å². The van der Waals surface area contributed by atoms with Crippen LogP contribution in [0.2, 0.25) is 0 Å². The standard InChI is InChI=1S/C11H17NO2/c1-11(2)5-3-4-8(11)10-9(6-13)12-7-14-10/h7-8,13H,3-6H2,1-2H3. The molecule has 3 heteroatoms. The van der Waals surface area contributed by atoms with Gasteiger partial charge in [0.1, 0.15) is 11.5 Å². The van der Waals surface area contributed by atoms with E-state index in [0.717, 1.165) is 12.2 Å². The third-order valence-corrected chi connectivity index (χ3v) is 3.40. The van der Waals surface area contributed by atoms with E-state index in [1.165, 1.54) is 19.2 Å². The molecular weight excluding hydrogens is 178 g/mol. The van der Waals surface area contributed by atoms with Crippen molar-refractivity contribution < 1.29 is 9.52 Å². The van der Waals surface area contributed by atoms with Crippen LogP contribution in [0.4, 0.5) is 0 Å².